The molecule has 1 saturated heterocycles. The predicted molar refractivity (Wildman–Crippen MR) is 84.0 cm³/mol. The van der Waals surface area contributed by atoms with Gasteiger partial charge in [0.25, 0.3) is 0 Å². The molecule has 2 nitrogen and oxygen atoms in total. The molecule has 0 saturated carbocycles. The zero-order valence-electron chi connectivity index (χ0n) is 13.2. The van der Waals surface area contributed by atoms with Crippen LogP contribution in [0.5, 0.6) is 0 Å². The highest BCUT2D eigenvalue weighted by molar-refractivity contribution is 5.52. The van der Waals surface area contributed by atoms with Crippen LogP contribution in [-0.4, -0.2) is 25.2 Å². The van der Waals surface area contributed by atoms with Crippen molar-refractivity contribution < 1.29 is 0 Å². The zero-order chi connectivity index (χ0) is 14.3. The smallest absolute Gasteiger partial charge is 0.0499 e. The molecule has 1 aromatic carbocycles. The molecule has 106 valence electrons. The number of nitrogens with zero attached hydrogens (tertiary/aromatic N) is 1. The molecule has 1 fully saturated rings. The summed E-state index contributed by atoms with van der Waals surface area (Å²) in [7, 11) is 2.07. The van der Waals surface area contributed by atoms with Crippen molar-refractivity contribution in [2.75, 3.05) is 18.5 Å². The zero-order valence-corrected chi connectivity index (χ0v) is 13.2. The first-order valence-electron chi connectivity index (χ1n) is 7.32. The number of likely N-dealkylation sites (N-methyl/N-ethyl adjacent to an activating group) is 1. The van der Waals surface area contributed by atoms with Gasteiger partial charge in [-0.05, 0) is 50.4 Å². The summed E-state index contributed by atoms with van der Waals surface area (Å²) in [5, 5.41) is 3.45. The van der Waals surface area contributed by atoms with E-state index in [-0.39, 0.29) is 11.0 Å². The van der Waals surface area contributed by atoms with Crippen molar-refractivity contribution in [1.29, 1.82) is 0 Å². The van der Waals surface area contributed by atoms with Crippen LogP contribution in [0.2, 0.25) is 0 Å². The minimum Gasteiger partial charge on any atom is -0.365 e. The van der Waals surface area contributed by atoms with Gasteiger partial charge in [-0.1, -0.05) is 32.9 Å². The van der Waals surface area contributed by atoms with Gasteiger partial charge in [-0.15, -0.1) is 0 Å². The van der Waals surface area contributed by atoms with Crippen LogP contribution in [0, 0.1) is 0 Å². The van der Waals surface area contributed by atoms with E-state index in [1.165, 1.54) is 17.7 Å². The standard InChI is InChI=1S/C17H28N2/c1-16(2,3)13-7-9-14(10-8-13)19-12-11-15(18-6)17(19,4)5/h7-10,15,18H,11-12H2,1-6H3. The molecule has 2 rings (SSSR count). The van der Waals surface area contributed by atoms with Crippen LogP contribution in [0.3, 0.4) is 0 Å². The molecule has 0 radical (unpaired) electrons. The third kappa shape index (κ3) is 2.64. The number of anilines is 1. The molecular formula is C17H28N2. The second-order valence-corrected chi connectivity index (χ2v) is 7.23. The van der Waals surface area contributed by atoms with Crippen molar-refractivity contribution in [1.82, 2.24) is 5.32 Å². The lowest BCUT2D eigenvalue weighted by atomic mass is 9.87. The Kier molecular flexibility index (Phi) is 3.65. The largest absolute Gasteiger partial charge is 0.365 e. The van der Waals surface area contributed by atoms with Gasteiger partial charge in [0.15, 0.2) is 0 Å². The summed E-state index contributed by atoms with van der Waals surface area (Å²) in [5.41, 5.74) is 3.15. The second-order valence-electron chi connectivity index (χ2n) is 7.23. The molecule has 2 heteroatoms. The second kappa shape index (κ2) is 4.82. The molecule has 1 N–H and O–H groups in total. The Hall–Kier alpha value is -1.02. The molecule has 0 aromatic heterocycles. The normalized spacial score (nSPS) is 22.8. The van der Waals surface area contributed by atoms with Gasteiger partial charge in [-0.2, -0.15) is 0 Å². The summed E-state index contributed by atoms with van der Waals surface area (Å²) in [5.74, 6) is 0. The lowest BCUT2D eigenvalue weighted by molar-refractivity contribution is 0.403. The molecule has 0 amide bonds. The van der Waals surface area contributed by atoms with E-state index >= 15 is 0 Å². The van der Waals surface area contributed by atoms with E-state index in [1.54, 1.807) is 0 Å². The molecule has 0 spiro atoms. The predicted octanol–water partition coefficient (Wildman–Crippen LogP) is 3.56. The first-order chi connectivity index (χ1) is 8.76. The Morgan fingerprint density at radius 2 is 1.74 bits per heavy atom. The van der Waals surface area contributed by atoms with E-state index in [1.807, 2.05) is 0 Å². The molecule has 19 heavy (non-hydrogen) atoms. The van der Waals surface area contributed by atoms with Crippen LogP contribution in [0.25, 0.3) is 0 Å². The molecule has 1 aliphatic rings. The number of hydrogen-bond donors (Lipinski definition) is 1. The average molecular weight is 260 g/mol. The molecule has 0 bridgehead atoms. The summed E-state index contributed by atoms with van der Waals surface area (Å²) < 4.78 is 0. The van der Waals surface area contributed by atoms with E-state index in [0.29, 0.717) is 6.04 Å². The average Bonchev–Trinajstić information content (AvgIpc) is 2.63. The van der Waals surface area contributed by atoms with Gasteiger partial charge < -0.3 is 10.2 Å². The van der Waals surface area contributed by atoms with Crippen molar-refractivity contribution in [3.63, 3.8) is 0 Å². The Labute approximate surface area is 118 Å². The first-order valence-corrected chi connectivity index (χ1v) is 7.32. The first kappa shape index (κ1) is 14.4. The molecule has 1 heterocycles. The summed E-state index contributed by atoms with van der Waals surface area (Å²) in [6, 6.07) is 9.67. The van der Waals surface area contributed by atoms with Crippen molar-refractivity contribution in [3.8, 4) is 0 Å². The molecule has 0 aliphatic carbocycles. The van der Waals surface area contributed by atoms with Gasteiger partial charge in [-0.3, -0.25) is 0 Å². The third-order valence-corrected chi connectivity index (χ3v) is 4.58. The number of benzene rings is 1. The highest BCUT2D eigenvalue weighted by Crippen LogP contribution is 2.34. The summed E-state index contributed by atoms with van der Waals surface area (Å²) >= 11 is 0. The minimum absolute atomic E-state index is 0.179. The Morgan fingerprint density at radius 1 is 1.16 bits per heavy atom. The maximum Gasteiger partial charge on any atom is 0.0499 e. The Bertz CT molecular complexity index is 426. The Morgan fingerprint density at radius 3 is 2.16 bits per heavy atom. The van der Waals surface area contributed by atoms with Crippen LogP contribution in [0.1, 0.15) is 46.6 Å². The van der Waals surface area contributed by atoms with Gasteiger partial charge in [0.1, 0.15) is 0 Å². The van der Waals surface area contributed by atoms with Crippen LogP contribution in [0.4, 0.5) is 5.69 Å². The van der Waals surface area contributed by atoms with E-state index in [2.05, 4.69) is 76.1 Å². The van der Waals surface area contributed by atoms with Gasteiger partial charge in [-0.25, -0.2) is 0 Å². The SMILES string of the molecule is CNC1CCN(c2ccc(C(C)(C)C)cc2)C1(C)C. The Balaban J connectivity index is 2.24. The van der Waals surface area contributed by atoms with E-state index in [0.717, 1.165) is 6.54 Å². The lowest BCUT2D eigenvalue weighted by Crippen LogP contribution is -2.50. The van der Waals surface area contributed by atoms with Crippen molar-refractivity contribution in [2.45, 2.75) is 58.0 Å². The van der Waals surface area contributed by atoms with Gasteiger partial charge in [0.05, 0.1) is 0 Å². The number of rotatable bonds is 2. The van der Waals surface area contributed by atoms with Crippen LogP contribution >= 0.6 is 0 Å². The van der Waals surface area contributed by atoms with E-state index < -0.39 is 0 Å². The van der Waals surface area contributed by atoms with Crippen LogP contribution in [0.15, 0.2) is 24.3 Å². The maximum absolute atomic E-state index is 3.45. The summed E-state index contributed by atoms with van der Waals surface area (Å²) in [6.45, 7) is 12.6. The molecule has 1 aliphatic heterocycles. The van der Waals surface area contributed by atoms with Crippen LogP contribution in [-0.2, 0) is 5.41 Å². The quantitative estimate of drug-likeness (QED) is 0.874. The third-order valence-electron chi connectivity index (χ3n) is 4.58. The van der Waals surface area contributed by atoms with E-state index in [4.69, 9.17) is 0 Å². The highest BCUT2D eigenvalue weighted by atomic mass is 15.3. The topological polar surface area (TPSA) is 15.3 Å². The van der Waals surface area contributed by atoms with Crippen molar-refractivity contribution in [3.05, 3.63) is 29.8 Å². The molecular weight excluding hydrogens is 232 g/mol. The minimum atomic E-state index is 0.179. The summed E-state index contributed by atoms with van der Waals surface area (Å²) in [6.07, 6.45) is 1.21. The van der Waals surface area contributed by atoms with Crippen molar-refractivity contribution in [2.24, 2.45) is 0 Å². The van der Waals surface area contributed by atoms with Gasteiger partial charge in [0.2, 0.25) is 0 Å². The molecule has 1 aromatic rings. The number of hydrogen-bond acceptors (Lipinski definition) is 2. The molecule has 1 atom stereocenters. The van der Waals surface area contributed by atoms with E-state index in [9.17, 15) is 0 Å². The fourth-order valence-electron chi connectivity index (χ4n) is 3.19. The fourth-order valence-corrected chi connectivity index (χ4v) is 3.19. The fraction of sp³-hybridized carbons (Fsp3) is 0.647. The van der Waals surface area contributed by atoms with Crippen molar-refractivity contribution >= 4 is 5.69 Å². The van der Waals surface area contributed by atoms with Gasteiger partial charge >= 0.3 is 0 Å². The number of nitrogens with one attached hydrogen (secondary N) is 1. The lowest BCUT2D eigenvalue weighted by Gasteiger charge is -2.37. The molecule has 1 unspecified atom stereocenters. The van der Waals surface area contributed by atoms with Gasteiger partial charge in [0, 0.05) is 23.8 Å². The monoisotopic (exact) mass is 260 g/mol. The maximum atomic E-state index is 3.45. The summed E-state index contributed by atoms with van der Waals surface area (Å²) in [4.78, 5) is 2.53. The van der Waals surface area contributed by atoms with Crippen LogP contribution < -0.4 is 10.2 Å². The highest BCUT2D eigenvalue weighted by Gasteiger charge is 2.40.